The van der Waals surface area contributed by atoms with Gasteiger partial charge in [-0.1, -0.05) is 23.7 Å². The molecule has 4 aromatic rings. The van der Waals surface area contributed by atoms with Gasteiger partial charge in [-0.05, 0) is 37.6 Å². The summed E-state index contributed by atoms with van der Waals surface area (Å²) in [6, 6.07) is 7.90. The summed E-state index contributed by atoms with van der Waals surface area (Å²) in [6.45, 7) is 5.67. The molecular formula is C25H24ClN3O3S. The lowest BCUT2D eigenvalue weighted by molar-refractivity contribution is 0.0792. The predicted molar refractivity (Wildman–Crippen MR) is 129 cm³/mol. The Morgan fingerprint density at radius 3 is 3.03 bits per heavy atom. The van der Waals surface area contributed by atoms with Crippen LogP contribution in [0, 0.1) is 0 Å². The maximum absolute atomic E-state index is 10.4. The van der Waals surface area contributed by atoms with Gasteiger partial charge < -0.3 is 19.7 Å². The minimum absolute atomic E-state index is 0.493. The SMILES string of the molecule is CC[C@H](O)c1cc2nccc(-c3cc(Cl)cc4c3OC(C)(c3onc5c3CNCC5)C4)c2s1. The topological polar surface area (TPSA) is 80.4 Å². The van der Waals surface area contributed by atoms with Crippen LogP contribution in [0.25, 0.3) is 21.3 Å². The minimum Gasteiger partial charge on any atom is -0.478 e. The van der Waals surface area contributed by atoms with Gasteiger partial charge in [0.1, 0.15) is 5.75 Å². The Morgan fingerprint density at radius 2 is 2.18 bits per heavy atom. The van der Waals surface area contributed by atoms with E-state index < -0.39 is 11.7 Å². The third-order valence-corrected chi connectivity index (χ3v) is 8.09. The second-order valence-corrected chi connectivity index (χ2v) is 10.5. The second-order valence-electron chi connectivity index (χ2n) is 8.96. The summed E-state index contributed by atoms with van der Waals surface area (Å²) >= 11 is 8.16. The third-order valence-electron chi connectivity index (χ3n) is 6.61. The number of fused-ring (bicyclic) bond motifs is 3. The van der Waals surface area contributed by atoms with Crippen molar-refractivity contribution in [2.45, 2.75) is 51.4 Å². The van der Waals surface area contributed by atoms with Gasteiger partial charge in [-0.25, -0.2) is 0 Å². The van der Waals surface area contributed by atoms with Crippen LogP contribution in [0.5, 0.6) is 5.75 Å². The van der Waals surface area contributed by atoms with Gasteiger partial charge in [0.25, 0.3) is 0 Å². The highest BCUT2D eigenvalue weighted by atomic mass is 35.5. The van der Waals surface area contributed by atoms with Gasteiger partial charge in [0.05, 0.1) is 22.0 Å². The molecule has 0 fully saturated rings. The van der Waals surface area contributed by atoms with Crippen LogP contribution in [0.1, 0.15) is 53.8 Å². The summed E-state index contributed by atoms with van der Waals surface area (Å²) < 4.78 is 13.5. The smallest absolute Gasteiger partial charge is 0.185 e. The molecule has 6 rings (SSSR count). The lowest BCUT2D eigenvalue weighted by Gasteiger charge is -2.24. The Morgan fingerprint density at radius 1 is 1.30 bits per heavy atom. The first-order valence-corrected chi connectivity index (χ1v) is 12.4. The lowest BCUT2D eigenvalue weighted by atomic mass is 9.91. The maximum atomic E-state index is 10.4. The molecule has 0 bridgehead atoms. The second kappa shape index (κ2) is 7.81. The number of hydrogen-bond donors (Lipinski definition) is 2. The van der Waals surface area contributed by atoms with Gasteiger partial charge in [0, 0.05) is 64.3 Å². The molecule has 0 saturated heterocycles. The van der Waals surface area contributed by atoms with E-state index in [1.807, 2.05) is 31.2 Å². The zero-order chi connectivity index (χ0) is 22.7. The van der Waals surface area contributed by atoms with E-state index >= 15 is 0 Å². The van der Waals surface area contributed by atoms with Crippen LogP contribution in [0.2, 0.25) is 5.02 Å². The number of rotatable bonds is 4. The average molecular weight is 482 g/mol. The maximum Gasteiger partial charge on any atom is 0.185 e. The molecule has 1 aromatic carbocycles. The largest absolute Gasteiger partial charge is 0.478 e. The van der Waals surface area contributed by atoms with Crippen molar-refractivity contribution in [3.8, 4) is 16.9 Å². The Hall–Kier alpha value is -2.45. The molecule has 2 aliphatic rings. The van der Waals surface area contributed by atoms with Crippen LogP contribution in [0.3, 0.4) is 0 Å². The number of ether oxygens (including phenoxy) is 1. The van der Waals surface area contributed by atoms with Gasteiger partial charge in [-0.15, -0.1) is 11.3 Å². The van der Waals surface area contributed by atoms with Crippen molar-refractivity contribution in [3.05, 3.63) is 62.9 Å². The molecule has 2 aliphatic heterocycles. The number of hydrogen-bond acceptors (Lipinski definition) is 7. The standard InChI is InChI=1S/C25H24ClN3O3S/c1-3-20(30)21-10-19-23(33-21)15(4-7-28-19)16-9-14(26)8-13-11-25(2,31-22(13)16)24-17-12-27-6-5-18(17)29-32-24/h4,7-10,20,27,30H,3,5-6,11-12H2,1-2H3/t20-,25?/m0/s1. The molecule has 2 atom stereocenters. The third kappa shape index (κ3) is 3.37. The van der Waals surface area contributed by atoms with Gasteiger partial charge in [-0.2, -0.15) is 0 Å². The van der Waals surface area contributed by atoms with Gasteiger partial charge in [-0.3, -0.25) is 4.98 Å². The summed E-state index contributed by atoms with van der Waals surface area (Å²) in [5.74, 6) is 1.60. The Balaban J connectivity index is 1.47. The number of nitrogens with one attached hydrogen (secondary N) is 1. The number of benzene rings is 1. The number of thiophene rings is 1. The average Bonchev–Trinajstić information content (AvgIpc) is 3.52. The highest BCUT2D eigenvalue weighted by Gasteiger charge is 2.44. The van der Waals surface area contributed by atoms with Crippen LogP contribution in [0.4, 0.5) is 0 Å². The molecule has 0 saturated carbocycles. The first-order chi connectivity index (χ1) is 16.0. The molecule has 170 valence electrons. The molecule has 0 spiro atoms. The molecule has 3 aromatic heterocycles. The van der Waals surface area contributed by atoms with Crippen molar-refractivity contribution in [2.24, 2.45) is 0 Å². The van der Waals surface area contributed by atoms with E-state index in [4.69, 9.17) is 20.9 Å². The lowest BCUT2D eigenvalue weighted by Crippen LogP contribution is -2.31. The van der Waals surface area contributed by atoms with Crippen LogP contribution < -0.4 is 10.1 Å². The van der Waals surface area contributed by atoms with E-state index in [-0.39, 0.29) is 0 Å². The van der Waals surface area contributed by atoms with Crippen LogP contribution in [-0.2, 0) is 25.0 Å². The number of pyridine rings is 1. The molecule has 0 amide bonds. The summed E-state index contributed by atoms with van der Waals surface area (Å²) in [5, 5.41) is 18.8. The summed E-state index contributed by atoms with van der Waals surface area (Å²) in [4.78, 5) is 5.45. The fourth-order valence-corrected chi connectivity index (χ4v) is 6.40. The predicted octanol–water partition coefficient (Wildman–Crippen LogP) is 5.54. The molecule has 8 heteroatoms. The molecule has 33 heavy (non-hydrogen) atoms. The summed E-state index contributed by atoms with van der Waals surface area (Å²) in [5.41, 5.74) is 5.30. The van der Waals surface area contributed by atoms with Crippen LogP contribution in [0.15, 0.2) is 35.0 Å². The number of aliphatic hydroxyl groups excluding tert-OH is 1. The molecule has 5 heterocycles. The number of aliphatic hydroxyl groups is 1. The van der Waals surface area contributed by atoms with E-state index in [0.717, 1.165) is 74.1 Å². The van der Waals surface area contributed by atoms with Gasteiger partial charge in [0.2, 0.25) is 0 Å². The fourth-order valence-electron chi connectivity index (χ4n) is 4.94. The number of nitrogens with zero attached hydrogens (tertiary/aromatic N) is 2. The normalized spacial score (nSPS) is 20.5. The van der Waals surface area contributed by atoms with Gasteiger partial charge >= 0.3 is 0 Å². The van der Waals surface area contributed by atoms with Crippen molar-refractivity contribution in [1.82, 2.24) is 15.5 Å². The molecule has 0 aliphatic carbocycles. The molecule has 6 nitrogen and oxygen atoms in total. The van der Waals surface area contributed by atoms with Crippen LogP contribution in [-0.4, -0.2) is 21.8 Å². The zero-order valence-electron chi connectivity index (χ0n) is 18.4. The Bertz CT molecular complexity index is 1380. The highest BCUT2D eigenvalue weighted by molar-refractivity contribution is 7.19. The van der Waals surface area contributed by atoms with Crippen molar-refractivity contribution in [3.63, 3.8) is 0 Å². The number of halogens is 1. The Labute approximate surface area is 200 Å². The summed E-state index contributed by atoms with van der Waals surface area (Å²) in [6.07, 6.45) is 3.47. The van der Waals surface area contributed by atoms with Crippen molar-refractivity contribution in [1.29, 1.82) is 0 Å². The van der Waals surface area contributed by atoms with E-state index in [0.29, 0.717) is 17.9 Å². The zero-order valence-corrected chi connectivity index (χ0v) is 20.0. The molecular weight excluding hydrogens is 458 g/mol. The summed E-state index contributed by atoms with van der Waals surface area (Å²) in [7, 11) is 0. The van der Waals surface area contributed by atoms with E-state index in [1.165, 1.54) is 0 Å². The quantitative estimate of drug-likeness (QED) is 0.398. The molecule has 0 radical (unpaired) electrons. The van der Waals surface area contributed by atoms with Crippen molar-refractivity contribution in [2.75, 3.05) is 6.54 Å². The van der Waals surface area contributed by atoms with Crippen molar-refractivity contribution >= 4 is 33.2 Å². The van der Waals surface area contributed by atoms with Crippen LogP contribution >= 0.6 is 22.9 Å². The molecule has 2 N–H and O–H groups in total. The highest BCUT2D eigenvalue weighted by Crippen LogP contribution is 2.50. The monoisotopic (exact) mass is 481 g/mol. The van der Waals surface area contributed by atoms with E-state index in [1.54, 1.807) is 17.5 Å². The van der Waals surface area contributed by atoms with Crippen molar-refractivity contribution < 1.29 is 14.4 Å². The minimum atomic E-state index is -0.660. The Kier molecular flexibility index (Phi) is 4.99. The fraction of sp³-hybridized carbons (Fsp3) is 0.360. The van der Waals surface area contributed by atoms with Gasteiger partial charge in [0.15, 0.2) is 11.4 Å². The van der Waals surface area contributed by atoms with E-state index in [9.17, 15) is 5.11 Å². The first-order valence-electron chi connectivity index (χ1n) is 11.2. The first kappa shape index (κ1) is 21.1. The molecule has 1 unspecified atom stereocenters. The number of aromatic nitrogens is 2. The van der Waals surface area contributed by atoms with E-state index in [2.05, 4.69) is 22.4 Å².